The molecule has 1 atom stereocenters. The van der Waals surface area contributed by atoms with E-state index >= 15 is 0 Å². The second-order valence-electron chi connectivity index (χ2n) is 7.24. The van der Waals surface area contributed by atoms with E-state index in [2.05, 4.69) is 5.10 Å². The molecule has 1 aromatic carbocycles. The number of aromatic nitrogens is 2. The molecule has 0 fully saturated rings. The summed E-state index contributed by atoms with van der Waals surface area (Å²) in [7, 11) is 0. The van der Waals surface area contributed by atoms with Crippen LogP contribution in [0.5, 0.6) is 0 Å². The molecule has 2 heterocycles. The average molecular weight is 411 g/mol. The molecule has 9 heteroatoms. The Morgan fingerprint density at radius 1 is 1.21 bits per heavy atom. The normalized spacial score (nSPS) is 16.0. The highest BCUT2D eigenvalue weighted by Crippen LogP contribution is 2.39. The molecule has 1 N–H and O–H groups in total. The number of rotatable bonds is 1. The SMILES string of the molecule is CC.CC(C)(C)OC(=O)N1Cc2ccccc2C1c1cc(C(F)(F)F)c(=O)[nH]n1. The van der Waals surface area contributed by atoms with Crippen LogP contribution in [0.1, 0.15) is 63.0 Å². The van der Waals surface area contributed by atoms with Crippen molar-refractivity contribution in [3.8, 4) is 0 Å². The zero-order chi connectivity index (χ0) is 22.0. The zero-order valence-electron chi connectivity index (χ0n) is 16.9. The predicted molar refractivity (Wildman–Crippen MR) is 101 cm³/mol. The van der Waals surface area contributed by atoms with Gasteiger partial charge in [0, 0.05) is 0 Å². The van der Waals surface area contributed by atoms with Crippen LogP contribution in [0.3, 0.4) is 0 Å². The maximum absolute atomic E-state index is 13.1. The first-order chi connectivity index (χ1) is 13.5. The summed E-state index contributed by atoms with van der Waals surface area (Å²) in [6.07, 6.45) is -5.51. The summed E-state index contributed by atoms with van der Waals surface area (Å²) in [6, 6.07) is 6.78. The monoisotopic (exact) mass is 411 g/mol. The number of benzene rings is 1. The molecule has 0 saturated heterocycles. The minimum Gasteiger partial charge on any atom is -0.444 e. The minimum absolute atomic E-state index is 0.0854. The van der Waals surface area contributed by atoms with E-state index in [4.69, 9.17) is 4.74 Å². The number of nitrogens with zero attached hydrogens (tertiary/aromatic N) is 2. The number of carbonyl (C=O) groups is 1. The molecule has 6 nitrogen and oxygen atoms in total. The molecule has 158 valence electrons. The summed E-state index contributed by atoms with van der Waals surface area (Å²) >= 11 is 0. The molecule has 3 rings (SSSR count). The van der Waals surface area contributed by atoms with Crippen molar-refractivity contribution >= 4 is 6.09 Å². The van der Waals surface area contributed by atoms with Gasteiger partial charge >= 0.3 is 12.3 Å². The van der Waals surface area contributed by atoms with E-state index < -0.39 is 35.0 Å². The van der Waals surface area contributed by atoms with Crippen molar-refractivity contribution in [2.24, 2.45) is 0 Å². The van der Waals surface area contributed by atoms with Crippen LogP contribution in [0, 0.1) is 0 Å². The van der Waals surface area contributed by atoms with Gasteiger partial charge in [-0.05, 0) is 38.0 Å². The van der Waals surface area contributed by atoms with Gasteiger partial charge in [-0.1, -0.05) is 38.1 Å². The summed E-state index contributed by atoms with van der Waals surface area (Å²) in [6.45, 7) is 9.26. The number of halogens is 3. The van der Waals surface area contributed by atoms with Gasteiger partial charge in [-0.25, -0.2) is 9.89 Å². The van der Waals surface area contributed by atoms with Gasteiger partial charge in [-0.15, -0.1) is 0 Å². The van der Waals surface area contributed by atoms with E-state index in [-0.39, 0.29) is 12.2 Å². The van der Waals surface area contributed by atoms with Crippen molar-refractivity contribution in [3.05, 3.63) is 63.1 Å². The second kappa shape index (κ2) is 8.26. The van der Waals surface area contributed by atoms with Crippen molar-refractivity contribution < 1.29 is 22.7 Å². The number of hydrogen-bond donors (Lipinski definition) is 1. The maximum Gasteiger partial charge on any atom is 0.421 e. The molecule has 2 aromatic rings. The molecule has 0 saturated carbocycles. The molecule has 1 aromatic heterocycles. The van der Waals surface area contributed by atoms with E-state index in [9.17, 15) is 22.8 Å². The first-order valence-electron chi connectivity index (χ1n) is 9.21. The number of hydrogen-bond acceptors (Lipinski definition) is 4. The fourth-order valence-electron chi connectivity index (χ4n) is 2.97. The Kier molecular flexibility index (Phi) is 6.40. The van der Waals surface area contributed by atoms with Crippen molar-refractivity contribution in [3.63, 3.8) is 0 Å². The highest BCUT2D eigenvalue weighted by molar-refractivity contribution is 5.71. The predicted octanol–water partition coefficient (Wildman–Crippen LogP) is 4.66. The largest absolute Gasteiger partial charge is 0.444 e. The molecule has 0 spiro atoms. The first-order valence-corrected chi connectivity index (χ1v) is 9.21. The molecule has 0 radical (unpaired) electrons. The topological polar surface area (TPSA) is 75.3 Å². The summed E-state index contributed by atoms with van der Waals surface area (Å²) in [5.41, 5.74) is -2.14. The third-order valence-electron chi connectivity index (χ3n) is 4.04. The summed E-state index contributed by atoms with van der Waals surface area (Å²) in [5.74, 6) is 0. The van der Waals surface area contributed by atoms with Crippen LogP contribution in [-0.4, -0.2) is 26.8 Å². The highest BCUT2D eigenvalue weighted by Gasteiger charge is 2.40. The number of H-pyrrole nitrogens is 1. The Morgan fingerprint density at radius 2 is 1.83 bits per heavy atom. The van der Waals surface area contributed by atoms with Crippen LogP contribution >= 0.6 is 0 Å². The molecule has 1 aliphatic rings. The zero-order valence-corrected chi connectivity index (χ0v) is 16.9. The van der Waals surface area contributed by atoms with Crippen LogP contribution in [0.2, 0.25) is 0 Å². The lowest BCUT2D eigenvalue weighted by atomic mass is 10.0. The third-order valence-corrected chi connectivity index (χ3v) is 4.04. The molecule has 0 bridgehead atoms. The fourth-order valence-corrected chi connectivity index (χ4v) is 2.97. The van der Waals surface area contributed by atoms with E-state index in [0.717, 1.165) is 5.56 Å². The van der Waals surface area contributed by atoms with E-state index in [1.165, 1.54) is 4.90 Å². The summed E-state index contributed by atoms with van der Waals surface area (Å²) < 4.78 is 44.8. The summed E-state index contributed by atoms with van der Waals surface area (Å²) in [4.78, 5) is 25.5. The maximum atomic E-state index is 13.1. The fraction of sp³-hybridized carbons (Fsp3) is 0.450. The minimum atomic E-state index is -4.83. The van der Waals surface area contributed by atoms with Crippen LogP contribution in [0.25, 0.3) is 0 Å². The van der Waals surface area contributed by atoms with Gasteiger partial charge in [0.2, 0.25) is 0 Å². The van der Waals surface area contributed by atoms with Crippen molar-refractivity contribution in [2.75, 3.05) is 0 Å². The molecule has 0 aliphatic carbocycles. The molecule has 1 amide bonds. The van der Waals surface area contributed by atoms with Gasteiger partial charge in [0.05, 0.1) is 12.2 Å². The highest BCUT2D eigenvalue weighted by atomic mass is 19.4. The number of ether oxygens (including phenoxy) is 1. The molecular formula is C20H24F3N3O3. The Bertz CT molecular complexity index is 933. The van der Waals surface area contributed by atoms with Gasteiger partial charge in [0.1, 0.15) is 17.2 Å². The molecule has 1 aliphatic heterocycles. The number of nitrogens with one attached hydrogen (secondary N) is 1. The lowest BCUT2D eigenvalue weighted by Gasteiger charge is -2.28. The van der Waals surface area contributed by atoms with Crippen LogP contribution < -0.4 is 5.56 Å². The molecular weight excluding hydrogens is 387 g/mol. The Balaban J connectivity index is 0.00000145. The van der Waals surface area contributed by atoms with Gasteiger partial charge in [-0.2, -0.15) is 18.3 Å². The van der Waals surface area contributed by atoms with Gasteiger partial charge in [0.25, 0.3) is 5.56 Å². The number of aromatic amines is 1. The molecule has 1 unspecified atom stereocenters. The lowest BCUT2D eigenvalue weighted by molar-refractivity contribution is -0.138. The van der Waals surface area contributed by atoms with E-state index in [0.29, 0.717) is 11.6 Å². The number of fused-ring (bicyclic) bond motifs is 1. The van der Waals surface area contributed by atoms with Gasteiger partial charge < -0.3 is 4.74 Å². The van der Waals surface area contributed by atoms with Crippen LogP contribution in [-0.2, 0) is 17.5 Å². The standard InChI is InChI=1S/C18H18F3N3O3.C2H6/c1-17(2,3)27-16(26)24-9-10-6-4-5-7-11(10)14(24)13-8-12(18(19,20)21)15(25)23-22-13;1-2/h4-8,14H,9H2,1-3H3,(H,23,25);1-2H3. The van der Waals surface area contributed by atoms with Gasteiger partial charge in [0.15, 0.2) is 0 Å². The Hall–Kier alpha value is -2.84. The van der Waals surface area contributed by atoms with E-state index in [1.807, 2.05) is 18.9 Å². The smallest absolute Gasteiger partial charge is 0.421 e. The number of amides is 1. The Labute approximate surface area is 166 Å². The van der Waals surface area contributed by atoms with Gasteiger partial charge in [-0.3, -0.25) is 9.69 Å². The van der Waals surface area contributed by atoms with Crippen molar-refractivity contribution in [2.45, 2.75) is 59.0 Å². The second-order valence-corrected chi connectivity index (χ2v) is 7.24. The number of alkyl halides is 3. The van der Waals surface area contributed by atoms with Crippen molar-refractivity contribution in [1.29, 1.82) is 0 Å². The first kappa shape index (κ1) is 22.4. The van der Waals surface area contributed by atoms with E-state index in [1.54, 1.807) is 45.0 Å². The Morgan fingerprint density at radius 3 is 2.41 bits per heavy atom. The molecule has 29 heavy (non-hydrogen) atoms. The van der Waals surface area contributed by atoms with Crippen LogP contribution in [0.4, 0.5) is 18.0 Å². The van der Waals surface area contributed by atoms with Crippen LogP contribution in [0.15, 0.2) is 35.1 Å². The lowest BCUT2D eigenvalue weighted by Crippen LogP contribution is -2.37. The quantitative estimate of drug-likeness (QED) is 0.741. The summed E-state index contributed by atoms with van der Waals surface area (Å²) in [5, 5.41) is 5.66. The third kappa shape index (κ3) is 4.96. The number of carbonyl (C=O) groups excluding carboxylic acids is 1. The average Bonchev–Trinajstić information content (AvgIpc) is 3.01. The van der Waals surface area contributed by atoms with Crippen molar-refractivity contribution in [1.82, 2.24) is 15.1 Å².